The fourth-order valence-electron chi connectivity index (χ4n) is 13.8. The average molecular weight is 668 g/mol. The summed E-state index contributed by atoms with van der Waals surface area (Å²) in [5.74, 6) is 1.58. The van der Waals surface area contributed by atoms with E-state index in [4.69, 9.17) is 9.47 Å². The lowest BCUT2D eigenvalue weighted by Gasteiger charge is -2.73. The maximum absolute atomic E-state index is 14.6. The molecule has 0 aromatic heterocycles. The van der Waals surface area contributed by atoms with Crippen molar-refractivity contribution < 1.29 is 29.0 Å². The second-order valence-electron chi connectivity index (χ2n) is 19.5. The molecule has 5 saturated carbocycles. The van der Waals surface area contributed by atoms with E-state index in [-0.39, 0.29) is 52.0 Å². The maximum atomic E-state index is 14.6. The molecule has 5 aliphatic carbocycles. The van der Waals surface area contributed by atoms with Crippen LogP contribution in [0.3, 0.4) is 0 Å². The number of aliphatic carboxylic acids is 1. The van der Waals surface area contributed by atoms with Crippen molar-refractivity contribution in [1.82, 2.24) is 4.90 Å². The number of morpholine rings is 1. The van der Waals surface area contributed by atoms with Crippen LogP contribution in [0.4, 0.5) is 0 Å². The first-order valence-corrected chi connectivity index (χ1v) is 19.3. The highest BCUT2D eigenvalue weighted by molar-refractivity contribution is 5.84. The molecule has 270 valence electrons. The Morgan fingerprint density at radius 2 is 1.54 bits per heavy atom. The fraction of sp³-hybridized carbons (Fsp3) is 0.878. The van der Waals surface area contributed by atoms with Gasteiger partial charge in [-0.2, -0.15) is 0 Å². The predicted molar refractivity (Wildman–Crippen MR) is 187 cm³/mol. The quantitative estimate of drug-likeness (QED) is 0.217. The fourth-order valence-corrected chi connectivity index (χ4v) is 13.8. The van der Waals surface area contributed by atoms with Gasteiger partial charge in [-0.15, -0.1) is 0 Å². The van der Waals surface area contributed by atoms with Gasteiger partial charge in [-0.05, 0) is 122 Å². The third kappa shape index (κ3) is 5.41. The topological polar surface area (TPSA) is 93.1 Å². The van der Waals surface area contributed by atoms with Crippen molar-refractivity contribution in [2.45, 2.75) is 139 Å². The molecule has 1 N–H and O–H groups in total. The van der Waals surface area contributed by atoms with Gasteiger partial charge in [-0.25, -0.2) is 0 Å². The molecule has 7 nitrogen and oxygen atoms in total. The SMILES string of the molecule is C=C(C)[C@@H]1CC[C@]2(C(=O)N3CCOCC3)CC[C@]3(C)[C@H](CC[C@@H]4[C@@]5(C)CC[C@H](OC(=O)CC(C)(C)CC(=O)O)C(C)(C)[C@@H]5CC[C@]43C)[C@@H]12. The van der Waals surface area contributed by atoms with Gasteiger partial charge in [0.15, 0.2) is 0 Å². The highest BCUT2D eigenvalue weighted by Gasteiger charge is 2.72. The Hall–Kier alpha value is -1.89. The normalized spacial score (nSPS) is 43.6. The third-order valence-corrected chi connectivity index (χ3v) is 16.3. The summed E-state index contributed by atoms with van der Waals surface area (Å²) in [5.41, 5.74) is 0.689. The zero-order valence-electron chi connectivity index (χ0n) is 31.4. The van der Waals surface area contributed by atoms with Crippen LogP contribution in [0.2, 0.25) is 0 Å². The molecule has 0 unspecified atom stereocenters. The van der Waals surface area contributed by atoms with Crippen molar-refractivity contribution in [2.75, 3.05) is 26.3 Å². The van der Waals surface area contributed by atoms with Gasteiger partial charge in [0.25, 0.3) is 0 Å². The lowest BCUT2D eigenvalue weighted by atomic mass is 9.32. The van der Waals surface area contributed by atoms with Crippen LogP contribution in [-0.4, -0.2) is 60.3 Å². The first-order valence-electron chi connectivity index (χ1n) is 19.3. The predicted octanol–water partition coefficient (Wildman–Crippen LogP) is 8.31. The highest BCUT2D eigenvalue weighted by atomic mass is 16.5. The van der Waals surface area contributed by atoms with E-state index < -0.39 is 11.4 Å². The van der Waals surface area contributed by atoms with Crippen LogP contribution in [0.15, 0.2) is 12.2 Å². The minimum absolute atomic E-state index is 0.0483. The van der Waals surface area contributed by atoms with Gasteiger partial charge in [0.2, 0.25) is 5.91 Å². The molecule has 0 spiro atoms. The van der Waals surface area contributed by atoms with Crippen LogP contribution in [0.1, 0.15) is 132 Å². The number of carboxylic acids is 1. The molecule has 1 amide bonds. The van der Waals surface area contributed by atoms with Crippen molar-refractivity contribution in [3.63, 3.8) is 0 Å². The number of nitrogens with zero attached hydrogens (tertiary/aromatic N) is 1. The second-order valence-corrected chi connectivity index (χ2v) is 19.5. The van der Waals surface area contributed by atoms with Gasteiger partial charge in [-0.3, -0.25) is 14.4 Å². The molecule has 0 aromatic rings. The average Bonchev–Trinajstić information content (AvgIpc) is 3.39. The molecule has 0 aromatic carbocycles. The highest BCUT2D eigenvalue weighted by Crippen LogP contribution is 2.77. The van der Waals surface area contributed by atoms with Crippen LogP contribution < -0.4 is 0 Å². The second kappa shape index (κ2) is 12.1. The largest absolute Gasteiger partial charge is 0.481 e. The van der Waals surface area contributed by atoms with E-state index in [2.05, 4.69) is 53.0 Å². The van der Waals surface area contributed by atoms with Gasteiger partial charge in [0.1, 0.15) is 6.10 Å². The summed E-state index contributed by atoms with van der Waals surface area (Å²) in [6.07, 6.45) is 10.7. The molecule has 0 radical (unpaired) electrons. The van der Waals surface area contributed by atoms with E-state index in [1.165, 1.54) is 24.8 Å². The summed E-state index contributed by atoms with van der Waals surface area (Å²) in [5, 5.41) is 9.33. The van der Waals surface area contributed by atoms with Gasteiger partial charge in [-0.1, -0.05) is 60.6 Å². The Morgan fingerprint density at radius 1 is 0.854 bits per heavy atom. The molecule has 6 rings (SSSR count). The summed E-state index contributed by atoms with van der Waals surface area (Å²) >= 11 is 0. The number of rotatable bonds is 7. The Balaban J connectivity index is 1.25. The van der Waals surface area contributed by atoms with E-state index in [0.717, 1.165) is 58.0 Å². The molecule has 1 heterocycles. The van der Waals surface area contributed by atoms with E-state index >= 15 is 0 Å². The van der Waals surface area contributed by atoms with Crippen molar-refractivity contribution >= 4 is 17.8 Å². The smallest absolute Gasteiger partial charge is 0.306 e. The molecule has 1 aliphatic heterocycles. The number of allylic oxidation sites excluding steroid dienone is 1. The number of esters is 1. The standard InChI is InChI=1S/C41H65NO6/c1-26(2)27-12-17-41(35(46)42-20-22-47-23-21-42)19-18-39(8)28(34(27)41)10-11-30-38(7)15-14-31(37(5,6)29(38)13-16-40(30,39)9)48-33(45)25-36(3,4)24-32(43)44/h27-31,34H,1,10-25H2,2-9H3,(H,43,44)/t27-,28+,29-,30+,31-,34+,38-,39+,40+,41-/m0/s1. The Kier molecular flexibility index (Phi) is 9.07. The minimum Gasteiger partial charge on any atom is -0.481 e. The number of fused-ring (bicyclic) bond motifs is 7. The summed E-state index contributed by atoms with van der Waals surface area (Å²) in [4.78, 5) is 41.3. The summed E-state index contributed by atoms with van der Waals surface area (Å²) in [6, 6.07) is 0. The molecular formula is C41H65NO6. The number of carboxylic acid groups (broad SMARTS) is 1. The number of ether oxygens (including phenoxy) is 2. The van der Waals surface area contributed by atoms with Crippen LogP contribution in [0.25, 0.3) is 0 Å². The number of hydrogen-bond acceptors (Lipinski definition) is 5. The lowest BCUT2D eigenvalue weighted by Crippen LogP contribution is -2.67. The number of hydrogen-bond donors (Lipinski definition) is 1. The first kappa shape index (κ1) is 35.9. The van der Waals surface area contributed by atoms with Crippen molar-refractivity contribution in [3.8, 4) is 0 Å². The molecule has 7 heteroatoms. The Bertz CT molecular complexity index is 1320. The Morgan fingerprint density at radius 3 is 2.19 bits per heavy atom. The van der Waals surface area contributed by atoms with Crippen LogP contribution in [0.5, 0.6) is 0 Å². The molecule has 48 heavy (non-hydrogen) atoms. The van der Waals surface area contributed by atoms with Crippen molar-refractivity contribution in [1.29, 1.82) is 0 Å². The molecular weight excluding hydrogens is 602 g/mol. The molecule has 0 bridgehead atoms. The van der Waals surface area contributed by atoms with Gasteiger partial charge >= 0.3 is 11.9 Å². The summed E-state index contributed by atoms with van der Waals surface area (Å²) in [6.45, 7) is 25.6. The molecule has 1 saturated heterocycles. The zero-order chi connectivity index (χ0) is 35.1. The monoisotopic (exact) mass is 667 g/mol. The Labute approximate surface area is 290 Å². The van der Waals surface area contributed by atoms with E-state index in [1.54, 1.807) is 0 Å². The summed E-state index contributed by atoms with van der Waals surface area (Å²) in [7, 11) is 0. The maximum Gasteiger partial charge on any atom is 0.306 e. The molecule has 10 atom stereocenters. The van der Waals surface area contributed by atoms with Crippen LogP contribution in [-0.2, 0) is 23.9 Å². The van der Waals surface area contributed by atoms with Gasteiger partial charge in [0, 0.05) is 18.5 Å². The molecule has 6 aliphatic rings. The third-order valence-electron chi connectivity index (χ3n) is 16.3. The summed E-state index contributed by atoms with van der Waals surface area (Å²) < 4.78 is 11.9. The van der Waals surface area contributed by atoms with E-state index in [9.17, 15) is 19.5 Å². The van der Waals surface area contributed by atoms with Crippen LogP contribution >= 0.6 is 0 Å². The van der Waals surface area contributed by atoms with E-state index in [1.807, 2.05) is 13.8 Å². The van der Waals surface area contributed by atoms with Crippen molar-refractivity contribution in [3.05, 3.63) is 12.2 Å². The minimum atomic E-state index is -0.884. The number of carbonyl (C=O) groups excluding carboxylic acids is 2. The molecule has 6 fully saturated rings. The van der Waals surface area contributed by atoms with Crippen molar-refractivity contribution in [2.24, 2.45) is 62.1 Å². The first-order chi connectivity index (χ1) is 22.3. The van der Waals surface area contributed by atoms with Gasteiger partial charge in [0.05, 0.1) is 31.5 Å². The number of amides is 1. The van der Waals surface area contributed by atoms with E-state index in [0.29, 0.717) is 48.7 Å². The number of carbonyl (C=O) groups is 3. The van der Waals surface area contributed by atoms with Crippen LogP contribution in [0, 0.1) is 62.1 Å². The lowest BCUT2D eigenvalue weighted by molar-refractivity contribution is -0.250. The van der Waals surface area contributed by atoms with Gasteiger partial charge < -0.3 is 19.5 Å². The zero-order valence-corrected chi connectivity index (χ0v) is 31.4.